The summed E-state index contributed by atoms with van der Waals surface area (Å²) in [6.07, 6.45) is 0.102. The van der Waals surface area contributed by atoms with Crippen LogP contribution in [0.3, 0.4) is 0 Å². The summed E-state index contributed by atoms with van der Waals surface area (Å²) >= 11 is 0. The Morgan fingerprint density at radius 2 is 1.80 bits per heavy atom. The number of hydrogen-bond donors (Lipinski definition) is 2. The highest BCUT2D eigenvalue weighted by Gasteiger charge is 2.22. The minimum Gasteiger partial charge on any atom is -0.368 e. The van der Waals surface area contributed by atoms with E-state index in [0.717, 1.165) is 35.6 Å². The molecule has 1 fully saturated rings. The molecule has 2 heterocycles. The normalized spacial score (nSPS) is 14.2. The molecule has 2 amide bonds. The van der Waals surface area contributed by atoms with Gasteiger partial charge in [-0.25, -0.2) is 4.39 Å². The Bertz CT molecular complexity index is 1060. The molecule has 1 saturated heterocycles. The van der Waals surface area contributed by atoms with Crippen molar-refractivity contribution >= 4 is 28.4 Å². The largest absolute Gasteiger partial charge is 0.368 e. The maximum absolute atomic E-state index is 13.6. The molecule has 1 aliphatic heterocycles. The fourth-order valence-electron chi connectivity index (χ4n) is 3.94. The molecule has 0 radical (unpaired) electrons. The van der Waals surface area contributed by atoms with Crippen molar-refractivity contribution in [2.45, 2.75) is 13.3 Å². The molecule has 6 nitrogen and oxygen atoms in total. The highest BCUT2D eigenvalue weighted by Crippen LogP contribution is 2.23. The number of H-pyrrole nitrogens is 1. The smallest absolute Gasteiger partial charge is 0.242 e. The predicted octanol–water partition coefficient (Wildman–Crippen LogP) is 2.62. The third-order valence-electron chi connectivity index (χ3n) is 5.61. The molecule has 0 unspecified atom stereocenters. The Morgan fingerprint density at radius 3 is 2.53 bits per heavy atom. The van der Waals surface area contributed by atoms with Crippen molar-refractivity contribution in [3.63, 3.8) is 0 Å². The van der Waals surface area contributed by atoms with E-state index < -0.39 is 0 Å². The van der Waals surface area contributed by atoms with Gasteiger partial charge in [-0.05, 0) is 42.8 Å². The monoisotopic (exact) mass is 408 g/mol. The van der Waals surface area contributed by atoms with Crippen LogP contribution in [0.4, 0.5) is 10.1 Å². The second-order valence-corrected chi connectivity index (χ2v) is 7.58. The van der Waals surface area contributed by atoms with Crippen LogP contribution >= 0.6 is 0 Å². The first kappa shape index (κ1) is 19.9. The molecule has 0 bridgehead atoms. The third-order valence-corrected chi connectivity index (χ3v) is 5.61. The number of rotatable bonds is 5. The third kappa shape index (κ3) is 4.30. The lowest BCUT2D eigenvalue weighted by molar-refractivity contribution is -0.133. The van der Waals surface area contributed by atoms with Crippen LogP contribution in [0.15, 0.2) is 48.5 Å². The summed E-state index contributed by atoms with van der Waals surface area (Å²) in [6, 6.07) is 14.6. The first-order valence-corrected chi connectivity index (χ1v) is 10.1. The Hall–Kier alpha value is -3.35. The van der Waals surface area contributed by atoms with Crippen molar-refractivity contribution in [3.05, 3.63) is 65.6 Å². The Morgan fingerprint density at radius 1 is 1.07 bits per heavy atom. The lowest BCUT2D eigenvalue weighted by Crippen LogP contribution is -2.51. The number of nitrogens with zero attached hydrogens (tertiary/aromatic N) is 2. The number of aromatic nitrogens is 1. The molecule has 2 N–H and O–H groups in total. The number of aryl methyl sites for hydroxylation is 1. The molecule has 1 aromatic heterocycles. The molecule has 2 aromatic carbocycles. The van der Waals surface area contributed by atoms with E-state index in [-0.39, 0.29) is 30.6 Å². The van der Waals surface area contributed by atoms with E-state index in [1.54, 1.807) is 11.0 Å². The Balaban J connectivity index is 1.29. The SMILES string of the molecule is Cc1[nH]c2ccc(F)cc2c1CC(=O)NCC(=O)N1CCN(c2ccccc2)CC1. The molecule has 0 saturated carbocycles. The minimum atomic E-state index is -0.340. The van der Waals surface area contributed by atoms with Gasteiger partial charge in [-0.1, -0.05) is 18.2 Å². The maximum atomic E-state index is 13.6. The number of carbonyl (C=O) groups excluding carboxylic acids is 2. The molecule has 30 heavy (non-hydrogen) atoms. The van der Waals surface area contributed by atoms with Crippen LogP contribution in [0.1, 0.15) is 11.3 Å². The maximum Gasteiger partial charge on any atom is 0.242 e. The molecule has 0 atom stereocenters. The summed E-state index contributed by atoms with van der Waals surface area (Å²) in [5.74, 6) is -0.676. The summed E-state index contributed by atoms with van der Waals surface area (Å²) in [4.78, 5) is 32.1. The quantitative estimate of drug-likeness (QED) is 0.682. The zero-order chi connectivity index (χ0) is 21.1. The molecular weight excluding hydrogens is 383 g/mol. The molecule has 1 aliphatic rings. The zero-order valence-corrected chi connectivity index (χ0v) is 17.0. The molecular formula is C23H25FN4O2. The number of anilines is 1. The fourth-order valence-corrected chi connectivity index (χ4v) is 3.94. The molecule has 3 aromatic rings. The number of piperazine rings is 1. The average Bonchev–Trinajstić information content (AvgIpc) is 3.07. The first-order chi connectivity index (χ1) is 14.5. The van der Waals surface area contributed by atoms with Crippen LogP contribution < -0.4 is 10.2 Å². The summed E-state index contributed by atoms with van der Waals surface area (Å²) in [5.41, 5.74) is 3.53. The minimum absolute atomic E-state index is 0.0278. The number of benzene rings is 2. The lowest BCUT2D eigenvalue weighted by atomic mass is 10.1. The van der Waals surface area contributed by atoms with Gasteiger partial charge in [0.25, 0.3) is 0 Å². The highest BCUT2D eigenvalue weighted by molar-refractivity contribution is 5.91. The van der Waals surface area contributed by atoms with Gasteiger partial charge in [-0.2, -0.15) is 0 Å². The van der Waals surface area contributed by atoms with Crippen LogP contribution in [0.5, 0.6) is 0 Å². The number of aromatic amines is 1. The van der Waals surface area contributed by atoms with Crippen molar-refractivity contribution in [2.24, 2.45) is 0 Å². The molecule has 0 aliphatic carbocycles. The van der Waals surface area contributed by atoms with Crippen molar-refractivity contribution in [3.8, 4) is 0 Å². The van der Waals surface area contributed by atoms with Gasteiger partial charge in [0.2, 0.25) is 11.8 Å². The summed E-state index contributed by atoms with van der Waals surface area (Å²) in [6.45, 7) is 4.63. The van der Waals surface area contributed by atoms with Crippen molar-refractivity contribution < 1.29 is 14.0 Å². The van der Waals surface area contributed by atoms with Gasteiger partial charge in [0.15, 0.2) is 0 Å². The average molecular weight is 408 g/mol. The summed E-state index contributed by atoms with van der Waals surface area (Å²) < 4.78 is 13.6. The number of hydrogen-bond acceptors (Lipinski definition) is 3. The van der Waals surface area contributed by atoms with E-state index in [1.807, 2.05) is 25.1 Å². The van der Waals surface area contributed by atoms with E-state index in [4.69, 9.17) is 0 Å². The predicted molar refractivity (Wildman–Crippen MR) is 115 cm³/mol. The van der Waals surface area contributed by atoms with Crippen LogP contribution in [-0.4, -0.2) is 54.4 Å². The summed E-state index contributed by atoms with van der Waals surface area (Å²) in [5, 5.41) is 3.42. The van der Waals surface area contributed by atoms with Gasteiger partial charge in [0.05, 0.1) is 13.0 Å². The Labute approximate surface area is 174 Å². The molecule has 0 spiro atoms. The number of nitrogens with one attached hydrogen (secondary N) is 2. The van der Waals surface area contributed by atoms with E-state index in [0.29, 0.717) is 18.5 Å². The highest BCUT2D eigenvalue weighted by atomic mass is 19.1. The first-order valence-electron chi connectivity index (χ1n) is 10.1. The number of para-hydroxylation sites is 1. The van der Waals surface area contributed by atoms with Crippen LogP contribution in [0.2, 0.25) is 0 Å². The number of carbonyl (C=O) groups is 2. The lowest BCUT2D eigenvalue weighted by Gasteiger charge is -2.36. The van der Waals surface area contributed by atoms with Crippen LogP contribution in [0, 0.1) is 12.7 Å². The number of fused-ring (bicyclic) bond motifs is 1. The van der Waals surface area contributed by atoms with E-state index in [1.165, 1.54) is 12.1 Å². The molecule has 4 rings (SSSR count). The number of halogens is 1. The van der Waals surface area contributed by atoms with Crippen molar-refractivity contribution in [2.75, 3.05) is 37.6 Å². The van der Waals surface area contributed by atoms with Gasteiger partial charge in [-0.15, -0.1) is 0 Å². The topological polar surface area (TPSA) is 68.4 Å². The van der Waals surface area contributed by atoms with E-state index >= 15 is 0 Å². The van der Waals surface area contributed by atoms with Gasteiger partial charge in [0.1, 0.15) is 5.82 Å². The summed E-state index contributed by atoms with van der Waals surface area (Å²) in [7, 11) is 0. The van der Waals surface area contributed by atoms with Crippen molar-refractivity contribution in [1.82, 2.24) is 15.2 Å². The number of amides is 2. The Kier molecular flexibility index (Phi) is 5.70. The van der Waals surface area contributed by atoms with Gasteiger partial charge >= 0.3 is 0 Å². The fraction of sp³-hybridized carbons (Fsp3) is 0.304. The van der Waals surface area contributed by atoms with Gasteiger partial charge in [-0.3, -0.25) is 9.59 Å². The molecule has 156 valence electrons. The van der Waals surface area contributed by atoms with Gasteiger partial charge < -0.3 is 20.1 Å². The van der Waals surface area contributed by atoms with Crippen molar-refractivity contribution in [1.29, 1.82) is 0 Å². The van der Waals surface area contributed by atoms with E-state index in [2.05, 4.69) is 27.3 Å². The van der Waals surface area contributed by atoms with E-state index in [9.17, 15) is 14.0 Å². The zero-order valence-electron chi connectivity index (χ0n) is 17.0. The molecule has 7 heteroatoms. The second kappa shape index (κ2) is 8.57. The second-order valence-electron chi connectivity index (χ2n) is 7.58. The van der Waals surface area contributed by atoms with Crippen LogP contribution in [-0.2, 0) is 16.0 Å². The van der Waals surface area contributed by atoms with Gasteiger partial charge in [0, 0.05) is 48.5 Å². The van der Waals surface area contributed by atoms with Crippen LogP contribution in [0.25, 0.3) is 10.9 Å². The standard InChI is InChI=1S/C23H25FN4O2/c1-16-19(20-13-17(24)7-8-21(20)26-16)14-22(29)25-15-23(30)28-11-9-27(10-12-28)18-5-3-2-4-6-18/h2-8,13,26H,9-12,14-15H2,1H3,(H,25,29).